The Morgan fingerprint density at radius 1 is 0.412 bits per heavy atom. The van der Waals surface area contributed by atoms with E-state index in [0.29, 0.717) is 0 Å². The smallest absolute Gasteiger partial charge is 0.171 e. The van der Waals surface area contributed by atoms with Gasteiger partial charge in [-0.15, -0.1) is 0 Å². The molecule has 0 amide bonds. The van der Waals surface area contributed by atoms with Crippen LogP contribution in [0.1, 0.15) is 0 Å². The number of benzene rings is 8. The second kappa shape index (κ2) is 12.9. The van der Waals surface area contributed by atoms with Gasteiger partial charge < -0.3 is 4.57 Å². The van der Waals surface area contributed by atoms with Gasteiger partial charge in [-0.25, -0.2) is 4.68 Å². The number of fused-ring (bicyclic) bond motifs is 3. The van der Waals surface area contributed by atoms with Crippen molar-refractivity contribution in [2.75, 3.05) is 0 Å². The monoisotopic (exact) mass is 672 g/mol. The maximum atomic E-state index is 15.2. The molecule has 0 saturated carbocycles. The molecule has 1 aromatic heterocycles. The standard InChI is InChI=1S/C47H33N2OP/c50-51(39-24-12-4-13-25-39,40-26-14-5-15-27-40)41-31-29-35(30-32-41)42-28-16-21-37-33-43(34-17-6-1-7-18-34)45-46(36-19-8-2-9-20-36)48-49(47(45)44(37)42)38-22-10-3-11-23-38/h1-33H. The van der Waals surface area contributed by atoms with Crippen LogP contribution in [0.25, 0.3) is 60.9 Å². The normalized spacial score (nSPS) is 11.6. The molecule has 9 aromatic rings. The highest BCUT2D eigenvalue weighted by Crippen LogP contribution is 2.46. The molecule has 3 nitrogen and oxygen atoms in total. The molecule has 0 aliphatic carbocycles. The second-order valence-corrected chi connectivity index (χ2v) is 15.5. The van der Waals surface area contributed by atoms with Gasteiger partial charge in [0.2, 0.25) is 0 Å². The van der Waals surface area contributed by atoms with Crippen molar-refractivity contribution < 1.29 is 4.57 Å². The molecule has 0 fully saturated rings. The molecule has 0 atom stereocenters. The second-order valence-electron chi connectivity index (χ2n) is 12.7. The highest BCUT2D eigenvalue weighted by Gasteiger charge is 2.30. The van der Waals surface area contributed by atoms with E-state index in [4.69, 9.17) is 5.10 Å². The first-order chi connectivity index (χ1) is 25.2. The van der Waals surface area contributed by atoms with Crippen LogP contribution in [-0.2, 0) is 4.57 Å². The van der Waals surface area contributed by atoms with Crippen LogP contribution in [0, 0.1) is 0 Å². The highest BCUT2D eigenvalue weighted by atomic mass is 31.2. The Morgan fingerprint density at radius 3 is 1.49 bits per heavy atom. The molecule has 0 bridgehead atoms. The minimum Gasteiger partial charge on any atom is -0.309 e. The van der Waals surface area contributed by atoms with Gasteiger partial charge in [0.15, 0.2) is 7.14 Å². The third-order valence-corrected chi connectivity index (χ3v) is 12.8. The third-order valence-electron chi connectivity index (χ3n) is 9.70. The van der Waals surface area contributed by atoms with Crippen LogP contribution in [-0.4, -0.2) is 9.78 Å². The summed E-state index contributed by atoms with van der Waals surface area (Å²) in [5, 5.41) is 11.2. The lowest BCUT2D eigenvalue weighted by atomic mass is 9.90. The first-order valence-electron chi connectivity index (χ1n) is 17.2. The van der Waals surface area contributed by atoms with Gasteiger partial charge in [-0.2, -0.15) is 5.10 Å². The van der Waals surface area contributed by atoms with Gasteiger partial charge in [0.1, 0.15) is 5.69 Å². The number of aromatic nitrogens is 2. The largest absolute Gasteiger partial charge is 0.309 e. The number of para-hydroxylation sites is 1. The first-order valence-corrected chi connectivity index (χ1v) is 18.9. The summed E-state index contributed by atoms with van der Waals surface area (Å²) in [4.78, 5) is 0. The Kier molecular flexibility index (Phi) is 7.76. The van der Waals surface area contributed by atoms with Gasteiger partial charge in [0, 0.05) is 32.2 Å². The van der Waals surface area contributed by atoms with Crippen molar-refractivity contribution in [3.05, 3.63) is 200 Å². The van der Waals surface area contributed by atoms with Crippen LogP contribution in [0.2, 0.25) is 0 Å². The predicted molar refractivity (Wildman–Crippen MR) is 214 cm³/mol. The molecular formula is C47H33N2OP. The Morgan fingerprint density at radius 2 is 0.902 bits per heavy atom. The molecule has 0 aliphatic heterocycles. The minimum atomic E-state index is -3.11. The summed E-state index contributed by atoms with van der Waals surface area (Å²) in [7, 11) is -3.11. The van der Waals surface area contributed by atoms with Crippen LogP contribution in [0.4, 0.5) is 0 Å². The van der Waals surface area contributed by atoms with E-state index in [0.717, 1.165) is 76.8 Å². The van der Waals surface area contributed by atoms with E-state index in [1.54, 1.807) is 0 Å². The summed E-state index contributed by atoms with van der Waals surface area (Å²) >= 11 is 0. The number of hydrogen-bond donors (Lipinski definition) is 0. The van der Waals surface area contributed by atoms with Gasteiger partial charge in [-0.1, -0.05) is 182 Å². The lowest BCUT2D eigenvalue weighted by molar-refractivity contribution is 0.592. The van der Waals surface area contributed by atoms with Crippen molar-refractivity contribution in [3.8, 4) is 39.2 Å². The average molecular weight is 673 g/mol. The quantitative estimate of drug-likeness (QED) is 0.158. The summed E-state index contributed by atoms with van der Waals surface area (Å²) in [6.07, 6.45) is 0. The summed E-state index contributed by atoms with van der Waals surface area (Å²) < 4.78 is 17.3. The van der Waals surface area contributed by atoms with Crippen molar-refractivity contribution in [2.24, 2.45) is 0 Å². The molecule has 0 aliphatic rings. The zero-order valence-electron chi connectivity index (χ0n) is 27.8. The Labute approximate surface area is 297 Å². The van der Waals surface area contributed by atoms with Crippen molar-refractivity contribution in [3.63, 3.8) is 0 Å². The maximum absolute atomic E-state index is 15.2. The molecule has 51 heavy (non-hydrogen) atoms. The van der Waals surface area contributed by atoms with Crippen LogP contribution in [0.3, 0.4) is 0 Å². The van der Waals surface area contributed by atoms with E-state index in [1.165, 1.54) is 0 Å². The van der Waals surface area contributed by atoms with E-state index in [-0.39, 0.29) is 0 Å². The van der Waals surface area contributed by atoms with Crippen molar-refractivity contribution in [1.29, 1.82) is 0 Å². The Bertz CT molecular complexity index is 2630. The van der Waals surface area contributed by atoms with Crippen LogP contribution < -0.4 is 15.9 Å². The van der Waals surface area contributed by atoms with Gasteiger partial charge >= 0.3 is 0 Å². The molecule has 4 heteroatoms. The zero-order valence-corrected chi connectivity index (χ0v) is 28.7. The lowest BCUT2D eigenvalue weighted by Crippen LogP contribution is -2.24. The van der Waals surface area contributed by atoms with Crippen LogP contribution in [0.5, 0.6) is 0 Å². The van der Waals surface area contributed by atoms with Crippen LogP contribution >= 0.6 is 7.14 Å². The maximum Gasteiger partial charge on any atom is 0.171 e. The molecule has 242 valence electrons. The molecule has 0 saturated heterocycles. The molecule has 0 N–H and O–H groups in total. The van der Waals surface area contributed by atoms with E-state index in [9.17, 15) is 0 Å². The number of nitrogens with zero attached hydrogens (tertiary/aromatic N) is 2. The van der Waals surface area contributed by atoms with Crippen LogP contribution in [0.15, 0.2) is 200 Å². The first kappa shape index (κ1) is 30.8. The van der Waals surface area contributed by atoms with Crippen molar-refractivity contribution in [1.82, 2.24) is 9.78 Å². The summed E-state index contributed by atoms with van der Waals surface area (Å²) in [5.74, 6) is 0. The summed E-state index contributed by atoms with van der Waals surface area (Å²) in [5.41, 5.74) is 8.46. The lowest BCUT2D eigenvalue weighted by Gasteiger charge is -2.20. The fourth-order valence-corrected chi connectivity index (χ4v) is 9.95. The fraction of sp³-hybridized carbons (Fsp3) is 0. The van der Waals surface area contributed by atoms with Crippen molar-refractivity contribution in [2.45, 2.75) is 0 Å². The molecule has 8 aromatic carbocycles. The Hall–Kier alpha value is -6.28. The van der Waals surface area contributed by atoms with Crippen molar-refractivity contribution >= 4 is 44.7 Å². The minimum absolute atomic E-state index is 0.807. The summed E-state index contributed by atoms with van der Waals surface area (Å²) in [6.45, 7) is 0. The highest BCUT2D eigenvalue weighted by molar-refractivity contribution is 7.85. The third kappa shape index (κ3) is 5.31. The molecule has 0 unspecified atom stereocenters. The van der Waals surface area contributed by atoms with E-state index < -0.39 is 7.14 Å². The average Bonchev–Trinajstić information content (AvgIpc) is 3.63. The number of rotatable bonds is 7. The van der Waals surface area contributed by atoms with Gasteiger partial charge in [-0.05, 0) is 45.8 Å². The van der Waals surface area contributed by atoms with E-state index in [2.05, 4.69) is 120 Å². The van der Waals surface area contributed by atoms with Gasteiger partial charge in [0.25, 0.3) is 0 Å². The van der Waals surface area contributed by atoms with Gasteiger partial charge in [-0.3, -0.25) is 0 Å². The molecular weight excluding hydrogens is 640 g/mol. The molecule has 1 heterocycles. The van der Waals surface area contributed by atoms with E-state index >= 15 is 4.57 Å². The topological polar surface area (TPSA) is 34.9 Å². The zero-order chi connectivity index (χ0) is 34.2. The SMILES string of the molecule is O=P(c1ccccc1)(c1ccccc1)c1ccc(-c2cccc3cc(-c4ccccc4)c4c(-c5ccccc5)nn(-c5ccccc5)c4c23)cc1. The molecule has 0 radical (unpaired) electrons. The predicted octanol–water partition coefficient (Wildman–Crippen LogP) is 10.8. The molecule has 0 spiro atoms. The fourth-order valence-electron chi connectivity index (χ4n) is 7.30. The van der Waals surface area contributed by atoms with Gasteiger partial charge in [0.05, 0.1) is 11.2 Å². The number of hydrogen-bond acceptors (Lipinski definition) is 2. The summed E-state index contributed by atoms with van der Waals surface area (Å²) in [6, 6.07) is 68.3. The molecule has 9 rings (SSSR count). The Balaban J connectivity index is 1.33. The van der Waals surface area contributed by atoms with E-state index in [1.807, 2.05) is 84.9 Å².